The van der Waals surface area contributed by atoms with Gasteiger partial charge in [0.15, 0.2) is 5.65 Å². The van der Waals surface area contributed by atoms with Crippen molar-refractivity contribution >= 4 is 22.5 Å². The van der Waals surface area contributed by atoms with Crippen molar-refractivity contribution in [2.24, 2.45) is 7.05 Å². The van der Waals surface area contributed by atoms with E-state index in [2.05, 4.69) is 32.4 Å². The van der Waals surface area contributed by atoms with Crippen LogP contribution < -0.4 is 0 Å². The summed E-state index contributed by atoms with van der Waals surface area (Å²) in [7, 11) is 1.95. The maximum Gasteiger partial charge on any atom is 0.176 e. The first-order chi connectivity index (χ1) is 10.8. The Balaban J connectivity index is 1.58. The molecular weight excluding hydrogens is 294 g/mol. The van der Waals surface area contributed by atoms with E-state index < -0.39 is 0 Å². The normalized spacial score (nSPS) is 19.8. The molecule has 0 unspecified atom stereocenters. The average molecular weight is 313 g/mol. The predicted octanol–water partition coefficient (Wildman–Crippen LogP) is 2.80. The second-order valence-electron chi connectivity index (χ2n) is 5.89. The number of likely N-dealkylation sites (tertiary alicyclic amines) is 1. The molecule has 0 amide bonds. The van der Waals surface area contributed by atoms with Crippen molar-refractivity contribution in [1.29, 1.82) is 0 Å². The van der Waals surface area contributed by atoms with E-state index in [-0.39, 0.29) is 0 Å². The summed E-state index contributed by atoms with van der Waals surface area (Å²) in [5.74, 6) is 0.453. The molecule has 5 nitrogen and oxygen atoms in total. The van der Waals surface area contributed by atoms with Crippen LogP contribution >= 0.6 is 11.3 Å². The SMILES string of the molecule is Cn1nc([C@H]2CCCN(Cc3cccs3)C2)c2nccnc21. The smallest absolute Gasteiger partial charge is 0.176 e. The van der Waals surface area contributed by atoms with Crippen LogP contribution in [0.3, 0.4) is 0 Å². The number of hydrogen-bond donors (Lipinski definition) is 0. The number of thiophene rings is 1. The number of hydrogen-bond acceptors (Lipinski definition) is 5. The van der Waals surface area contributed by atoms with E-state index in [0.717, 1.165) is 29.9 Å². The molecule has 4 rings (SSSR count). The van der Waals surface area contributed by atoms with Gasteiger partial charge in [0.2, 0.25) is 0 Å². The van der Waals surface area contributed by atoms with Crippen LogP contribution in [0.25, 0.3) is 11.2 Å². The lowest BCUT2D eigenvalue weighted by molar-refractivity contribution is 0.200. The fourth-order valence-corrected chi connectivity index (χ4v) is 4.07. The molecule has 4 heterocycles. The summed E-state index contributed by atoms with van der Waals surface area (Å²) in [6.45, 7) is 3.27. The van der Waals surface area contributed by atoms with Gasteiger partial charge in [0.05, 0.1) is 5.69 Å². The summed E-state index contributed by atoms with van der Waals surface area (Å²) in [5.41, 5.74) is 2.96. The number of rotatable bonds is 3. The van der Waals surface area contributed by atoms with Crippen LogP contribution in [0.2, 0.25) is 0 Å². The van der Waals surface area contributed by atoms with Crippen LogP contribution in [0.1, 0.15) is 29.3 Å². The number of nitrogens with zero attached hydrogens (tertiary/aromatic N) is 5. The monoisotopic (exact) mass is 313 g/mol. The predicted molar refractivity (Wildman–Crippen MR) is 87.9 cm³/mol. The fourth-order valence-electron chi connectivity index (χ4n) is 3.32. The highest BCUT2D eigenvalue weighted by Crippen LogP contribution is 2.30. The number of piperidine rings is 1. The Morgan fingerprint density at radius 3 is 3.09 bits per heavy atom. The molecule has 3 aromatic heterocycles. The molecule has 114 valence electrons. The molecule has 0 saturated carbocycles. The number of aryl methyl sites for hydroxylation is 1. The van der Waals surface area contributed by atoms with E-state index in [4.69, 9.17) is 5.10 Å². The molecule has 0 aromatic carbocycles. The summed E-state index contributed by atoms with van der Waals surface area (Å²) in [6, 6.07) is 4.35. The lowest BCUT2D eigenvalue weighted by Crippen LogP contribution is -2.33. The van der Waals surface area contributed by atoms with Gasteiger partial charge in [-0.15, -0.1) is 11.3 Å². The maximum atomic E-state index is 4.71. The second kappa shape index (κ2) is 5.78. The number of fused-ring (bicyclic) bond motifs is 1. The van der Waals surface area contributed by atoms with Gasteiger partial charge in [-0.1, -0.05) is 6.07 Å². The molecule has 0 aliphatic carbocycles. The quantitative estimate of drug-likeness (QED) is 0.746. The van der Waals surface area contributed by atoms with E-state index in [1.165, 1.54) is 24.3 Å². The highest BCUT2D eigenvalue weighted by atomic mass is 32.1. The Kier molecular flexibility index (Phi) is 3.63. The van der Waals surface area contributed by atoms with Crippen LogP contribution in [-0.2, 0) is 13.6 Å². The first kappa shape index (κ1) is 13.8. The highest BCUT2D eigenvalue weighted by molar-refractivity contribution is 7.09. The minimum atomic E-state index is 0.453. The summed E-state index contributed by atoms with van der Waals surface area (Å²) in [6.07, 6.45) is 5.90. The lowest BCUT2D eigenvalue weighted by atomic mass is 9.94. The molecule has 0 radical (unpaired) electrons. The topological polar surface area (TPSA) is 46.8 Å². The van der Waals surface area contributed by atoms with E-state index in [9.17, 15) is 0 Å². The van der Waals surface area contributed by atoms with Crippen molar-refractivity contribution in [2.75, 3.05) is 13.1 Å². The van der Waals surface area contributed by atoms with Crippen molar-refractivity contribution in [2.45, 2.75) is 25.3 Å². The molecule has 1 fully saturated rings. The van der Waals surface area contributed by atoms with Gasteiger partial charge in [-0.05, 0) is 30.8 Å². The van der Waals surface area contributed by atoms with Crippen molar-refractivity contribution in [1.82, 2.24) is 24.6 Å². The van der Waals surface area contributed by atoms with Crippen molar-refractivity contribution in [3.8, 4) is 0 Å². The minimum Gasteiger partial charge on any atom is -0.298 e. The molecule has 1 saturated heterocycles. The average Bonchev–Trinajstić information content (AvgIpc) is 3.16. The van der Waals surface area contributed by atoms with Crippen molar-refractivity contribution in [3.05, 3.63) is 40.5 Å². The van der Waals surface area contributed by atoms with Crippen LogP contribution in [0.5, 0.6) is 0 Å². The molecule has 0 N–H and O–H groups in total. The van der Waals surface area contributed by atoms with Gasteiger partial charge in [0.25, 0.3) is 0 Å². The molecule has 22 heavy (non-hydrogen) atoms. The molecule has 3 aromatic rings. The van der Waals surface area contributed by atoms with Gasteiger partial charge >= 0.3 is 0 Å². The third-order valence-corrected chi connectivity index (χ3v) is 5.20. The van der Waals surface area contributed by atoms with E-state index in [1.54, 1.807) is 12.4 Å². The fraction of sp³-hybridized carbons (Fsp3) is 0.438. The van der Waals surface area contributed by atoms with Gasteiger partial charge in [0.1, 0.15) is 5.52 Å². The first-order valence-electron chi connectivity index (χ1n) is 7.69. The van der Waals surface area contributed by atoms with Gasteiger partial charge < -0.3 is 0 Å². The van der Waals surface area contributed by atoms with Gasteiger partial charge in [-0.3, -0.25) is 4.90 Å². The molecule has 1 aliphatic heterocycles. The van der Waals surface area contributed by atoms with Crippen LogP contribution in [-0.4, -0.2) is 37.7 Å². The van der Waals surface area contributed by atoms with Gasteiger partial charge in [-0.2, -0.15) is 5.10 Å². The highest BCUT2D eigenvalue weighted by Gasteiger charge is 2.26. The summed E-state index contributed by atoms with van der Waals surface area (Å²) >= 11 is 1.84. The third kappa shape index (κ3) is 2.53. The van der Waals surface area contributed by atoms with Crippen molar-refractivity contribution in [3.63, 3.8) is 0 Å². The Bertz CT molecular complexity index is 764. The zero-order valence-corrected chi connectivity index (χ0v) is 13.5. The molecule has 6 heteroatoms. The standard InChI is InChI=1S/C16H19N5S/c1-20-16-15(17-6-7-18-16)14(19-20)12-4-2-8-21(10-12)11-13-5-3-9-22-13/h3,5-7,9,12H,2,4,8,10-11H2,1H3/t12-/m0/s1. The Hall–Kier alpha value is -1.79. The second-order valence-corrected chi connectivity index (χ2v) is 6.92. The largest absolute Gasteiger partial charge is 0.298 e. The first-order valence-corrected chi connectivity index (χ1v) is 8.57. The van der Waals surface area contributed by atoms with E-state index in [1.807, 2.05) is 23.1 Å². The molecular formula is C16H19N5S. The Morgan fingerprint density at radius 1 is 1.32 bits per heavy atom. The third-order valence-electron chi connectivity index (χ3n) is 4.34. The summed E-state index contributed by atoms with van der Waals surface area (Å²) in [5, 5.41) is 6.86. The molecule has 1 aliphatic rings. The zero-order valence-electron chi connectivity index (χ0n) is 12.6. The van der Waals surface area contributed by atoms with E-state index >= 15 is 0 Å². The van der Waals surface area contributed by atoms with Crippen molar-refractivity contribution < 1.29 is 0 Å². The molecule has 0 bridgehead atoms. The van der Waals surface area contributed by atoms with E-state index in [0.29, 0.717) is 5.92 Å². The summed E-state index contributed by atoms with van der Waals surface area (Å²) in [4.78, 5) is 12.9. The minimum absolute atomic E-state index is 0.453. The van der Waals surface area contributed by atoms with Crippen LogP contribution in [0.15, 0.2) is 29.9 Å². The number of aromatic nitrogens is 4. The summed E-state index contributed by atoms with van der Waals surface area (Å²) < 4.78 is 1.86. The molecule has 0 spiro atoms. The Morgan fingerprint density at radius 2 is 2.23 bits per heavy atom. The Labute approximate surface area is 133 Å². The molecule has 1 atom stereocenters. The van der Waals surface area contributed by atoms with Crippen LogP contribution in [0.4, 0.5) is 0 Å². The van der Waals surface area contributed by atoms with Crippen LogP contribution in [0, 0.1) is 0 Å². The maximum absolute atomic E-state index is 4.71. The lowest BCUT2D eigenvalue weighted by Gasteiger charge is -2.31. The van der Waals surface area contributed by atoms with Gasteiger partial charge in [0, 0.05) is 43.3 Å². The zero-order chi connectivity index (χ0) is 14.9. The van der Waals surface area contributed by atoms with Gasteiger partial charge in [-0.25, -0.2) is 14.6 Å².